The molecule has 1 amide bonds. The second-order valence-corrected chi connectivity index (χ2v) is 6.03. The average molecular weight is 318 g/mol. The van der Waals surface area contributed by atoms with Crippen LogP contribution >= 0.6 is 0 Å². The number of nitrogens with two attached hydrogens (primary N) is 1. The summed E-state index contributed by atoms with van der Waals surface area (Å²) >= 11 is 0. The van der Waals surface area contributed by atoms with Gasteiger partial charge < -0.3 is 11.1 Å². The number of amides is 1. The summed E-state index contributed by atoms with van der Waals surface area (Å²) in [4.78, 5) is 12.1. The summed E-state index contributed by atoms with van der Waals surface area (Å²) in [5, 5.41) is 6.21. The molecule has 2 rings (SSSR count). The number of rotatable bonds is 5. The molecule has 0 saturated heterocycles. The third kappa shape index (κ3) is 4.72. The zero-order valence-corrected chi connectivity index (χ0v) is 12.3. The summed E-state index contributed by atoms with van der Waals surface area (Å²) in [6.45, 7) is -0.719. The first-order chi connectivity index (χ1) is 10.3. The van der Waals surface area contributed by atoms with Crippen molar-refractivity contribution in [1.29, 1.82) is 0 Å². The normalized spacial score (nSPS) is 18.2. The summed E-state index contributed by atoms with van der Waals surface area (Å²) in [5.41, 5.74) is 5.93. The van der Waals surface area contributed by atoms with Crippen molar-refractivity contribution < 1.29 is 18.0 Å². The van der Waals surface area contributed by atoms with Crippen LogP contribution in [-0.4, -0.2) is 28.4 Å². The van der Waals surface area contributed by atoms with E-state index in [0.29, 0.717) is 13.0 Å². The van der Waals surface area contributed by atoms with Crippen LogP contribution in [0.25, 0.3) is 0 Å². The second kappa shape index (κ2) is 6.68. The fraction of sp³-hybridized carbons (Fsp3) is 0.714. The summed E-state index contributed by atoms with van der Waals surface area (Å²) in [6, 6.07) is 0. The molecule has 1 aliphatic carbocycles. The van der Waals surface area contributed by atoms with Gasteiger partial charge in [0.1, 0.15) is 6.54 Å². The Hall–Kier alpha value is -1.57. The van der Waals surface area contributed by atoms with Crippen molar-refractivity contribution in [3.8, 4) is 0 Å². The van der Waals surface area contributed by atoms with Crippen LogP contribution in [0.15, 0.2) is 12.4 Å². The van der Waals surface area contributed by atoms with Gasteiger partial charge in [-0.15, -0.1) is 0 Å². The molecule has 0 unspecified atom stereocenters. The molecule has 0 aliphatic heterocycles. The Kier molecular flexibility index (Phi) is 5.10. The maximum absolute atomic E-state index is 12.3. The molecule has 22 heavy (non-hydrogen) atoms. The molecule has 0 bridgehead atoms. The zero-order chi connectivity index (χ0) is 16.2. The van der Waals surface area contributed by atoms with Gasteiger partial charge in [-0.25, -0.2) is 0 Å². The molecule has 1 aromatic rings. The van der Waals surface area contributed by atoms with Crippen LogP contribution in [-0.2, 0) is 11.3 Å². The van der Waals surface area contributed by atoms with E-state index in [4.69, 9.17) is 5.73 Å². The first kappa shape index (κ1) is 16.8. The van der Waals surface area contributed by atoms with Crippen molar-refractivity contribution in [2.75, 3.05) is 11.9 Å². The van der Waals surface area contributed by atoms with Crippen LogP contribution in [0, 0.1) is 5.41 Å². The first-order valence-electron chi connectivity index (χ1n) is 7.41. The van der Waals surface area contributed by atoms with Crippen LogP contribution in [0.4, 0.5) is 18.9 Å². The van der Waals surface area contributed by atoms with Gasteiger partial charge in [-0.05, 0) is 24.8 Å². The third-order valence-electron chi connectivity index (χ3n) is 4.14. The number of carbonyl (C=O) groups is 1. The summed E-state index contributed by atoms with van der Waals surface area (Å²) in [7, 11) is 0. The summed E-state index contributed by atoms with van der Waals surface area (Å²) in [5.74, 6) is -0.223. The molecule has 3 N–H and O–H groups in total. The quantitative estimate of drug-likeness (QED) is 0.876. The number of aromatic nitrogens is 2. The van der Waals surface area contributed by atoms with Gasteiger partial charge in [-0.1, -0.05) is 19.3 Å². The highest BCUT2D eigenvalue weighted by molar-refractivity contribution is 5.90. The fourth-order valence-electron chi connectivity index (χ4n) is 3.00. The van der Waals surface area contributed by atoms with Gasteiger partial charge in [0.25, 0.3) is 0 Å². The number of nitrogens with zero attached hydrogens (tertiary/aromatic N) is 2. The molecular formula is C14H21F3N4O. The van der Waals surface area contributed by atoms with E-state index in [0.717, 1.165) is 36.8 Å². The van der Waals surface area contributed by atoms with Crippen LogP contribution in [0.1, 0.15) is 38.5 Å². The Morgan fingerprint density at radius 1 is 1.36 bits per heavy atom. The average Bonchev–Trinajstić information content (AvgIpc) is 2.84. The highest BCUT2D eigenvalue weighted by Crippen LogP contribution is 2.38. The van der Waals surface area contributed by atoms with Crippen LogP contribution in [0.3, 0.4) is 0 Å². The van der Waals surface area contributed by atoms with E-state index in [2.05, 4.69) is 10.4 Å². The molecule has 5 nitrogen and oxygen atoms in total. The predicted molar refractivity (Wildman–Crippen MR) is 76.1 cm³/mol. The van der Waals surface area contributed by atoms with Gasteiger partial charge in [0.05, 0.1) is 11.9 Å². The van der Waals surface area contributed by atoms with Gasteiger partial charge in [-0.2, -0.15) is 18.3 Å². The highest BCUT2D eigenvalue weighted by atomic mass is 19.4. The Bertz CT molecular complexity index is 506. The second-order valence-electron chi connectivity index (χ2n) is 6.03. The number of halogens is 3. The van der Waals surface area contributed by atoms with Gasteiger partial charge >= 0.3 is 6.18 Å². The fourth-order valence-corrected chi connectivity index (χ4v) is 3.00. The van der Waals surface area contributed by atoms with Crippen LogP contribution in [0.2, 0.25) is 0 Å². The molecule has 0 spiro atoms. The van der Waals surface area contributed by atoms with E-state index >= 15 is 0 Å². The van der Waals surface area contributed by atoms with Crippen molar-refractivity contribution in [2.24, 2.45) is 11.1 Å². The Balaban J connectivity index is 1.91. The topological polar surface area (TPSA) is 72.9 Å². The molecule has 1 aliphatic rings. The van der Waals surface area contributed by atoms with Gasteiger partial charge in [-0.3, -0.25) is 9.48 Å². The molecule has 0 radical (unpaired) electrons. The van der Waals surface area contributed by atoms with Gasteiger partial charge in [0.15, 0.2) is 0 Å². The smallest absolute Gasteiger partial charge is 0.330 e. The number of alkyl halides is 3. The minimum atomic E-state index is -4.33. The lowest BCUT2D eigenvalue weighted by molar-refractivity contribution is -0.142. The molecule has 124 valence electrons. The molecule has 1 fully saturated rings. The largest absolute Gasteiger partial charge is 0.408 e. The van der Waals surface area contributed by atoms with Crippen molar-refractivity contribution in [3.63, 3.8) is 0 Å². The van der Waals surface area contributed by atoms with Crippen molar-refractivity contribution in [1.82, 2.24) is 9.78 Å². The standard InChI is InChI=1S/C14H21F3N4O/c15-14(16,17)10-21-8-11(7-19-21)20-12(22)6-13(9-18)4-2-1-3-5-13/h7-8H,1-6,9-10,18H2,(H,20,22). The van der Waals surface area contributed by atoms with Crippen molar-refractivity contribution in [2.45, 2.75) is 51.2 Å². The lowest BCUT2D eigenvalue weighted by Gasteiger charge is -2.35. The van der Waals surface area contributed by atoms with E-state index in [9.17, 15) is 18.0 Å². The van der Waals surface area contributed by atoms with Crippen LogP contribution in [0.5, 0.6) is 0 Å². The molecule has 1 heterocycles. The van der Waals surface area contributed by atoms with E-state index < -0.39 is 12.7 Å². The first-order valence-corrected chi connectivity index (χ1v) is 7.41. The lowest BCUT2D eigenvalue weighted by atomic mass is 9.71. The monoisotopic (exact) mass is 318 g/mol. The molecular weight excluding hydrogens is 297 g/mol. The molecule has 1 saturated carbocycles. The maximum Gasteiger partial charge on any atom is 0.408 e. The Morgan fingerprint density at radius 2 is 2.05 bits per heavy atom. The number of anilines is 1. The van der Waals surface area contributed by atoms with Gasteiger partial charge in [0, 0.05) is 12.6 Å². The lowest BCUT2D eigenvalue weighted by Crippen LogP contribution is -2.36. The third-order valence-corrected chi connectivity index (χ3v) is 4.14. The number of hydrogen-bond acceptors (Lipinski definition) is 3. The van der Waals surface area contributed by atoms with Crippen molar-refractivity contribution >= 4 is 11.6 Å². The highest BCUT2D eigenvalue weighted by Gasteiger charge is 2.33. The minimum absolute atomic E-state index is 0.176. The Labute approximate surface area is 127 Å². The summed E-state index contributed by atoms with van der Waals surface area (Å²) in [6.07, 6.45) is 3.50. The van der Waals surface area contributed by atoms with Crippen molar-refractivity contribution in [3.05, 3.63) is 12.4 Å². The number of carbonyl (C=O) groups excluding carboxylic acids is 1. The van der Waals surface area contributed by atoms with E-state index in [-0.39, 0.29) is 17.0 Å². The SMILES string of the molecule is NCC1(CC(=O)Nc2cnn(CC(F)(F)F)c2)CCCCC1. The molecule has 1 aromatic heterocycles. The molecule has 0 atom stereocenters. The van der Waals surface area contributed by atoms with E-state index in [1.165, 1.54) is 12.4 Å². The molecule has 0 aromatic carbocycles. The maximum atomic E-state index is 12.3. The van der Waals surface area contributed by atoms with Crippen LogP contribution < -0.4 is 11.1 Å². The molecule has 8 heteroatoms. The zero-order valence-electron chi connectivity index (χ0n) is 12.3. The van der Waals surface area contributed by atoms with E-state index in [1.54, 1.807) is 0 Å². The minimum Gasteiger partial charge on any atom is -0.330 e. The summed E-state index contributed by atoms with van der Waals surface area (Å²) < 4.78 is 37.5. The predicted octanol–water partition coefficient (Wildman–Crippen LogP) is 2.68. The van der Waals surface area contributed by atoms with Gasteiger partial charge in [0.2, 0.25) is 5.91 Å². The van der Waals surface area contributed by atoms with E-state index in [1.807, 2.05) is 0 Å². The number of nitrogens with one attached hydrogen (secondary N) is 1. The Morgan fingerprint density at radius 3 is 2.64 bits per heavy atom. The number of hydrogen-bond donors (Lipinski definition) is 2.